The number of benzene rings is 1. The molecule has 0 heterocycles. The number of carbonyl (C=O) groups excluding carboxylic acids is 1. The molecule has 0 aliphatic heterocycles. The van der Waals surface area contributed by atoms with Gasteiger partial charge in [-0.25, -0.2) is 4.79 Å². The van der Waals surface area contributed by atoms with Gasteiger partial charge in [0.05, 0.1) is 13.2 Å². The fourth-order valence-electron chi connectivity index (χ4n) is 1.68. The number of hydrogen-bond donors (Lipinski definition) is 2. The first-order valence-electron chi connectivity index (χ1n) is 6.26. The second-order valence-corrected chi connectivity index (χ2v) is 4.44. The molecule has 5 nitrogen and oxygen atoms in total. The monoisotopic (exact) mass is 277 g/mol. The molecule has 0 aliphatic rings. The Kier molecular flexibility index (Phi) is 5.93. The van der Waals surface area contributed by atoms with Gasteiger partial charge in [-0.1, -0.05) is 18.2 Å². The zero-order chi connectivity index (χ0) is 15.1. The maximum absolute atomic E-state index is 12.1. The summed E-state index contributed by atoms with van der Waals surface area (Å²) in [7, 11) is 0. The van der Waals surface area contributed by atoms with Crippen LogP contribution in [0.5, 0.6) is 0 Å². The highest BCUT2D eigenvalue weighted by Gasteiger charge is 2.21. The molecule has 0 saturated heterocycles. The van der Waals surface area contributed by atoms with Crippen LogP contribution in [-0.4, -0.2) is 36.2 Å². The standard InChI is InChI=1S/C15H19NO4/c1-4-8-20-9-13(15(18)19)16-14(17)12-7-5-6-10(2)11(12)3/h4-7,13H,1,8-9H2,2-3H3,(H,16,17)(H,18,19). The average molecular weight is 277 g/mol. The Morgan fingerprint density at radius 2 is 2.15 bits per heavy atom. The van der Waals surface area contributed by atoms with Gasteiger partial charge in [0.2, 0.25) is 0 Å². The molecule has 2 N–H and O–H groups in total. The molecular formula is C15H19NO4. The van der Waals surface area contributed by atoms with Crippen molar-refractivity contribution >= 4 is 11.9 Å². The van der Waals surface area contributed by atoms with E-state index in [0.29, 0.717) is 5.56 Å². The Balaban J connectivity index is 2.77. The van der Waals surface area contributed by atoms with Gasteiger partial charge < -0.3 is 15.2 Å². The minimum Gasteiger partial charge on any atom is -0.480 e. The Labute approximate surface area is 118 Å². The van der Waals surface area contributed by atoms with Crippen LogP contribution in [0, 0.1) is 13.8 Å². The summed E-state index contributed by atoms with van der Waals surface area (Å²) in [5.74, 6) is -1.55. The number of carboxylic acids is 1. The van der Waals surface area contributed by atoms with Crippen LogP contribution in [-0.2, 0) is 9.53 Å². The van der Waals surface area contributed by atoms with Crippen LogP contribution < -0.4 is 5.32 Å². The van der Waals surface area contributed by atoms with Gasteiger partial charge in [-0.2, -0.15) is 0 Å². The lowest BCUT2D eigenvalue weighted by Crippen LogP contribution is -2.44. The van der Waals surface area contributed by atoms with Gasteiger partial charge in [0, 0.05) is 5.56 Å². The molecular weight excluding hydrogens is 258 g/mol. The summed E-state index contributed by atoms with van der Waals surface area (Å²) in [6, 6.07) is 4.25. The fourth-order valence-corrected chi connectivity index (χ4v) is 1.68. The lowest BCUT2D eigenvalue weighted by molar-refractivity contribution is -0.140. The molecule has 1 unspecified atom stereocenters. The Hall–Kier alpha value is -2.14. The SMILES string of the molecule is C=CCOCC(NC(=O)c1cccc(C)c1C)C(=O)O. The molecule has 0 bridgehead atoms. The Bertz CT molecular complexity index is 511. The smallest absolute Gasteiger partial charge is 0.328 e. The molecule has 1 atom stereocenters. The lowest BCUT2D eigenvalue weighted by atomic mass is 10.0. The number of amides is 1. The first kappa shape index (κ1) is 15.9. The van der Waals surface area contributed by atoms with E-state index in [1.54, 1.807) is 12.1 Å². The van der Waals surface area contributed by atoms with Crippen LogP contribution >= 0.6 is 0 Å². The highest BCUT2D eigenvalue weighted by Crippen LogP contribution is 2.12. The molecule has 0 aliphatic carbocycles. The van der Waals surface area contributed by atoms with Gasteiger partial charge in [0.1, 0.15) is 0 Å². The number of aliphatic carboxylic acids is 1. The highest BCUT2D eigenvalue weighted by atomic mass is 16.5. The third-order valence-electron chi connectivity index (χ3n) is 2.97. The van der Waals surface area contributed by atoms with E-state index in [4.69, 9.17) is 9.84 Å². The molecule has 0 spiro atoms. The quantitative estimate of drug-likeness (QED) is 0.587. The molecule has 108 valence electrons. The molecule has 1 amide bonds. The maximum atomic E-state index is 12.1. The van der Waals surface area contributed by atoms with Crippen molar-refractivity contribution in [2.24, 2.45) is 0 Å². The van der Waals surface area contributed by atoms with Crippen molar-refractivity contribution in [2.45, 2.75) is 19.9 Å². The summed E-state index contributed by atoms with van der Waals surface area (Å²) >= 11 is 0. The number of carbonyl (C=O) groups is 2. The normalized spacial score (nSPS) is 11.7. The van der Waals surface area contributed by atoms with Crippen LogP contribution in [0.4, 0.5) is 0 Å². The van der Waals surface area contributed by atoms with Gasteiger partial charge >= 0.3 is 5.97 Å². The second kappa shape index (κ2) is 7.45. The fraction of sp³-hybridized carbons (Fsp3) is 0.333. The third-order valence-corrected chi connectivity index (χ3v) is 2.97. The molecule has 0 aromatic heterocycles. The first-order valence-corrected chi connectivity index (χ1v) is 6.26. The van der Waals surface area contributed by atoms with Crippen LogP contribution in [0.1, 0.15) is 21.5 Å². The van der Waals surface area contributed by atoms with E-state index in [1.165, 1.54) is 6.08 Å². The topological polar surface area (TPSA) is 75.6 Å². The largest absolute Gasteiger partial charge is 0.480 e. The van der Waals surface area contributed by atoms with E-state index in [9.17, 15) is 9.59 Å². The Morgan fingerprint density at radius 3 is 2.75 bits per heavy atom. The molecule has 0 fully saturated rings. The molecule has 5 heteroatoms. The van der Waals surface area contributed by atoms with Crippen LogP contribution in [0.25, 0.3) is 0 Å². The predicted molar refractivity (Wildman–Crippen MR) is 75.8 cm³/mol. The van der Waals surface area contributed by atoms with Gasteiger partial charge in [-0.3, -0.25) is 4.79 Å². The summed E-state index contributed by atoms with van der Waals surface area (Å²) in [6.07, 6.45) is 1.52. The first-order chi connectivity index (χ1) is 9.47. The number of hydrogen-bond acceptors (Lipinski definition) is 3. The van der Waals surface area contributed by atoms with Crippen LogP contribution in [0.2, 0.25) is 0 Å². The van der Waals surface area contributed by atoms with Crippen molar-refractivity contribution in [3.8, 4) is 0 Å². The summed E-state index contributed by atoms with van der Waals surface area (Å²) in [5.41, 5.74) is 2.29. The number of aryl methyl sites for hydroxylation is 1. The van der Waals surface area contributed by atoms with E-state index in [1.807, 2.05) is 19.9 Å². The molecule has 20 heavy (non-hydrogen) atoms. The molecule has 1 aromatic carbocycles. The highest BCUT2D eigenvalue weighted by molar-refractivity contribution is 5.98. The molecule has 0 radical (unpaired) electrons. The van der Waals surface area contributed by atoms with Crippen molar-refractivity contribution in [1.82, 2.24) is 5.32 Å². The van der Waals surface area contributed by atoms with Gasteiger partial charge in [0.15, 0.2) is 6.04 Å². The van der Waals surface area contributed by atoms with Gasteiger partial charge in [-0.05, 0) is 31.0 Å². The summed E-state index contributed by atoms with van der Waals surface area (Å²) in [6.45, 7) is 7.34. The third kappa shape index (κ3) is 4.20. The van der Waals surface area contributed by atoms with E-state index >= 15 is 0 Å². The molecule has 1 aromatic rings. The molecule has 1 rings (SSSR count). The maximum Gasteiger partial charge on any atom is 0.328 e. The average Bonchev–Trinajstić information content (AvgIpc) is 2.40. The van der Waals surface area contributed by atoms with Crippen molar-refractivity contribution < 1.29 is 19.4 Å². The number of rotatable bonds is 7. The predicted octanol–water partition coefficient (Wildman–Crippen LogP) is 1.69. The van der Waals surface area contributed by atoms with Crippen molar-refractivity contribution in [2.75, 3.05) is 13.2 Å². The van der Waals surface area contributed by atoms with Crippen LogP contribution in [0.3, 0.4) is 0 Å². The molecule has 0 saturated carbocycles. The second-order valence-electron chi connectivity index (χ2n) is 4.44. The lowest BCUT2D eigenvalue weighted by Gasteiger charge is -2.15. The van der Waals surface area contributed by atoms with Crippen molar-refractivity contribution in [3.05, 3.63) is 47.5 Å². The number of nitrogens with one attached hydrogen (secondary N) is 1. The number of ether oxygens (including phenoxy) is 1. The van der Waals surface area contributed by atoms with Gasteiger partial charge in [0.25, 0.3) is 5.91 Å². The zero-order valence-corrected chi connectivity index (χ0v) is 11.7. The van der Waals surface area contributed by atoms with Crippen LogP contribution in [0.15, 0.2) is 30.9 Å². The summed E-state index contributed by atoms with van der Waals surface area (Å²) < 4.78 is 5.08. The van der Waals surface area contributed by atoms with Crippen molar-refractivity contribution in [1.29, 1.82) is 0 Å². The van der Waals surface area contributed by atoms with E-state index in [0.717, 1.165) is 11.1 Å². The summed E-state index contributed by atoms with van der Waals surface area (Å²) in [5, 5.41) is 11.5. The zero-order valence-electron chi connectivity index (χ0n) is 11.7. The van der Waals surface area contributed by atoms with Crippen molar-refractivity contribution in [3.63, 3.8) is 0 Å². The number of carboxylic acid groups (broad SMARTS) is 1. The minimum absolute atomic E-state index is 0.0992. The van der Waals surface area contributed by atoms with E-state index in [-0.39, 0.29) is 13.2 Å². The Morgan fingerprint density at radius 1 is 1.45 bits per heavy atom. The minimum atomic E-state index is -1.13. The van der Waals surface area contributed by atoms with E-state index < -0.39 is 17.9 Å². The summed E-state index contributed by atoms with van der Waals surface area (Å²) in [4.78, 5) is 23.2. The van der Waals surface area contributed by atoms with Gasteiger partial charge in [-0.15, -0.1) is 6.58 Å². The van der Waals surface area contributed by atoms with E-state index in [2.05, 4.69) is 11.9 Å².